The fourth-order valence-corrected chi connectivity index (χ4v) is 2.52. The number of carbonyl (C=O) groups is 1. The molecule has 0 bridgehead atoms. The van der Waals surface area contributed by atoms with Gasteiger partial charge in [0.15, 0.2) is 0 Å². The summed E-state index contributed by atoms with van der Waals surface area (Å²) < 4.78 is 7.44. The molecular weight excluding hydrogens is 280 g/mol. The monoisotopic (exact) mass is 296 g/mol. The second-order valence-electron chi connectivity index (χ2n) is 4.93. The first-order chi connectivity index (χ1) is 10.6. The highest BCUT2D eigenvalue weighted by Gasteiger charge is 2.12. The van der Waals surface area contributed by atoms with E-state index in [9.17, 15) is 4.79 Å². The van der Waals surface area contributed by atoms with Crippen molar-refractivity contribution in [1.82, 2.24) is 9.55 Å². The predicted molar refractivity (Wildman–Crippen MR) is 83.9 cm³/mol. The van der Waals surface area contributed by atoms with E-state index in [0.29, 0.717) is 12.1 Å². The average Bonchev–Trinajstić information content (AvgIpc) is 2.83. The van der Waals surface area contributed by atoms with E-state index in [0.717, 1.165) is 22.8 Å². The summed E-state index contributed by atoms with van der Waals surface area (Å²) in [5.74, 6) is 0.679. The predicted octanol–water partition coefficient (Wildman–Crippen LogP) is 3.43. The van der Waals surface area contributed by atoms with Gasteiger partial charge in [0.25, 0.3) is 0 Å². The SMILES string of the molecule is CCOc1ccc(-n2c(C)nc3cc(C(=O)O)ccc32)cc1. The van der Waals surface area contributed by atoms with Gasteiger partial charge in [-0.25, -0.2) is 9.78 Å². The number of fused-ring (bicyclic) bond motifs is 1. The summed E-state index contributed by atoms with van der Waals surface area (Å²) >= 11 is 0. The molecule has 5 nitrogen and oxygen atoms in total. The van der Waals surface area contributed by atoms with Crippen molar-refractivity contribution >= 4 is 17.0 Å². The standard InChI is InChI=1S/C17H16N2O3/c1-3-22-14-7-5-13(6-8-14)19-11(2)18-15-10-12(17(20)21)4-9-16(15)19/h4-10H,3H2,1-2H3,(H,20,21). The van der Waals surface area contributed by atoms with Gasteiger partial charge in [-0.05, 0) is 56.3 Å². The zero-order valence-electron chi connectivity index (χ0n) is 12.4. The Hall–Kier alpha value is -2.82. The molecule has 0 radical (unpaired) electrons. The lowest BCUT2D eigenvalue weighted by atomic mass is 10.2. The van der Waals surface area contributed by atoms with Gasteiger partial charge in [0.2, 0.25) is 0 Å². The molecule has 0 saturated carbocycles. The molecule has 1 heterocycles. The first-order valence-corrected chi connectivity index (χ1v) is 7.06. The van der Waals surface area contributed by atoms with E-state index in [1.807, 2.05) is 42.7 Å². The molecule has 0 atom stereocenters. The Bertz CT molecular complexity index is 835. The molecule has 112 valence electrons. The van der Waals surface area contributed by atoms with Gasteiger partial charge in [-0.3, -0.25) is 4.57 Å². The molecule has 2 aromatic carbocycles. The number of aryl methyl sites for hydroxylation is 1. The minimum absolute atomic E-state index is 0.240. The smallest absolute Gasteiger partial charge is 0.335 e. The molecule has 22 heavy (non-hydrogen) atoms. The summed E-state index contributed by atoms with van der Waals surface area (Å²) in [6.07, 6.45) is 0. The largest absolute Gasteiger partial charge is 0.494 e. The van der Waals surface area contributed by atoms with Crippen LogP contribution in [0.2, 0.25) is 0 Å². The maximum Gasteiger partial charge on any atom is 0.335 e. The highest BCUT2D eigenvalue weighted by molar-refractivity contribution is 5.92. The van der Waals surface area contributed by atoms with E-state index in [-0.39, 0.29) is 5.56 Å². The van der Waals surface area contributed by atoms with Crippen molar-refractivity contribution in [2.75, 3.05) is 6.61 Å². The third kappa shape index (κ3) is 2.41. The normalized spacial score (nSPS) is 10.8. The number of hydrogen-bond donors (Lipinski definition) is 1. The Morgan fingerprint density at radius 2 is 1.95 bits per heavy atom. The molecule has 0 amide bonds. The molecule has 3 rings (SSSR count). The third-order valence-electron chi connectivity index (χ3n) is 3.48. The van der Waals surface area contributed by atoms with E-state index in [4.69, 9.17) is 9.84 Å². The molecule has 0 fully saturated rings. The molecular formula is C17H16N2O3. The molecule has 0 unspecified atom stereocenters. The van der Waals surface area contributed by atoms with Crippen LogP contribution in [0.25, 0.3) is 16.7 Å². The van der Waals surface area contributed by atoms with Gasteiger partial charge < -0.3 is 9.84 Å². The number of aromatic nitrogens is 2. The number of nitrogens with zero attached hydrogens (tertiary/aromatic N) is 2. The van der Waals surface area contributed by atoms with Crippen molar-refractivity contribution < 1.29 is 14.6 Å². The number of aromatic carboxylic acids is 1. The molecule has 3 aromatic rings. The Labute approximate surface area is 127 Å². The number of rotatable bonds is 4. The topological polar surface area (TPSA) is 64.4 Å². The second-order valence-corrected chi connectivity index (χ2v) is 4.93. The van der Waals surface area contributed by atoms with Gasteiger partial charge >= 0.3 is 5.97 Å². The summed E-state index contributed by atoms with van der Waals surface area (Å²) in [7, 11) is 0. The summed E-state index contributed by atoms with van der Waals surface area (Å²) in [4.78, 5) is 15.5. The van der Waals surface area contributed by atoms with E-state index in [1.54, 1.807) is 18.2 Å². The molecule has 1 aromatic heterocycles. The van der Waals surface area contributed by atoms with Crippen LogP contribution < -0.4 is 4.74 Å². The van der Waals surface area contributed by atoms with E-state index in [2.05, 4.69) is 4.98 Å². The van der Waals surface area contributed by atoms with Gasteiger partial charge in [-0.2, -0.15) is 0 Å². The minimum Gasteiger partial charge on any atom is -0.494 e. The van der Waals surface area contributed by atoms with Crippen LogP contribution in [0.5, 0.6) is 5.75 Å². The molecule has 0 aliphatic carbocycles. The van der Waals surface area contributed by atoms with Gasteiger partial charge in [-0.15, -0.1) is 0 Å². The van der Waals surface area contributed by atoms with Crippen LogP contribution in [0.4, 0.5) is 0 Å². The van der Waals surface area contributed by atoms with Gasteiger partial charge in [-0.1, -0.05) is 0 Å². The molecule has 0 saturated heterocycles. The van der Waals surface area contributed by atoms with Crippen molar-refractivity contribution in [2.45, 2.75) is 13.8 Å². The van der Waals surface area contributed by atoms with E-state index >= 15 is 0 Å². The molecule has 1 N–H and O–H groups in total. The molecule has 5 heteroatoms. The van der Waals surface area contributed by atoms with Gasteiger partial charge in [0.05, 0.1) is 23.2 Å². The third-order valence-corrected chi connectivity index (χ3v) is 3.48. The summed E-state index contributed by atoms with van der Waals surface area (Å²) in [6, 6.07) is 12.7. The van der Waals surface area contributed by atoms with Crippen LogP contribution in [-0.4, -0.2) is 27.2 Å². The fourth-order valence-electron chi connectivity index (χ4n) is 2.52. The lowest BCUT2D eigenvalue weighted by Crippen LogP contribution is -1.98. The number of ether oxygens (including phenoxy) is 1. The van der Waals surface area contributed by atoms with Crippen LogP contribution in [-0.2, 0) is 0 Å². The van der Waals surface area contributed by atoms with Crippen molar-refractivity contribution in [1.29, 1.82) is 0 Å². The Kier molecular flexibility index (Phi) is 3.55. The van der Waals surface area contributed by atoms with Crippen LogP contribution in [0.15, 0.2) is 42.5 Å². The summed E-state index contributed by atoms with van der Waals surface area (Å²) in [5.41, 5.74) is 2.76. The summed E-state index contributed by atoms with van der Waals surface area (Å²) in [5, 5.41) is 9.07. The molecule has 0 aliphatic rings. The zero-order chi connectivity index (χ0) is 15.7. The van der Waals surface area contributed by atoms with Crippen LogP contribution in [0.1, 0.15) is 23.1 Å². The lowest BCUT2D eigenvalue weighted by molar-refractivity contribution is 0.0697. The number of benzene rings is 2. The fraction of sp³-hybridized carbons (Fsp3) is 0.176. The highest BCUT2D eigenvalue weighted by atomic mass is 16.5. The van der Waals surface area contributed by atoms with Crippen LogP contribution in [0, 0.1) is 6.92 Å². The zero-order valence-corrected chi connectivity index (χ0v) is 12.4. The average molecular weight is 296 g/mol. The van der Waals surface area contributed by atoms with Crippen LogP contribution in [0.3, 0.4) is 0 Å². The molecule has 0 aliphatic heterocycles. The van der Waals surface area contributed by atoms with Gasteiger partial charge in [0, 0.05) is 5.69 Å². The van der Waals surface area contributed by atoms with Crippen molar-refractivity contribution in [3.8, 4) is 11.4 Å². The van der Waals surface area contributed by atoms with Crippen molar-refractivity contribution in [3.63, 3.8) is 0 Å². The Morgan fingerprint density at radius 1 is 1.23 bits per heavy atom. The van der Waals surface area contributed by atoms with Crippen molar-refractivity contribution in [2.24, 2.45) is 0 Å². The van der Waals surface area contributed by atoms with Crippen molar-refractivity contribution in [3.05, 3.63) is 53.9 Å². The molecule has 0 spiro atoms. The van der Waals surface area contributed by atoms with Crippen LogP contribution >= 0.6 is 0 Å². The lowest BCUT2D eigenvalue weighted by Gasteiger charge is -2.08. The second kappa shape index (κ2) is 5.52. The number of carboxylic acid groups (broad SMARTS) is 1. The van der Waals surface area contributed by atoms with E-state index < -0.39 is 5.97 Å². The first kappa shape index (κ1) is 14.1. The maximum atomic E-state index is 11.1. The Balaban J connectivity index is 2.10. The van der Waals surface area contributed by atoms with E-state index in [1.165, 1.54) is 0 Å². The highest BCUT2D eigenvalue weighted by Crippen LogP contribution is 2.24. The Morgan fingerprint density at radius 3 is 2.59 bits per heavy atom. The first-order valence-electron chi connectivity index (χ1n) is 7.06. The minimum atomic E-state index is -0.949. The quantitative estimate of drug-likeness (QED) is 0.801. The summed E-state index contributed by atoms with van der Waals surface area (Å²) in [6.45, 7) is 4.47. The number of hydrogen-bond acceptors (Lipinski definition) is 3. The number of imidazole rings is 1. The number of carboxylic acids is 1. The maximum absolute atomic E-state index is 11.1. The van der Waals surface area contributed by atoms with Gasteiger partial charge in [0.1, 0.15) is 11.6 Å².